The van der Waals surface area contributed by atoms with Crippen LogP contribution in [-0.2, 0) is 10.1 Å². The van der Waals surface area contributed by atoms with Gasteiger partial charge in [0.25, 0.3) is 0 Å². The Morgan fingerprint density at radius 3 is 2.86 bits per heavy atom. The summed E-state index contributed by atoms with van der Waals surface area (Å²) in [6, 6.07) is 7.00. The number of halogens is 1. The summed E-state index contributed by atoms with van der Waals surface area (Å²) in [7, 11) is 1.30. The Labute approximate surface area is 90.4 Å². The van der Waals surface area contributed by atoms with E-state index in [1.807, 2.05) is 6.07 Å². The highest BCUT2D eigenvalue weighted by Crippen LogP contribution is 2.14. The Hall–Kier alpha value is -1.34. The van der Waals surface area contributed by atoms with Gasteiger partial charge in [0.15, 0.2) is 0 Å². The minimum Gasteiger partial charge on any atom is -0.465 e. The molecule has 0 saturated carbocycles. The SMILES string of the molecule is COC(=O)c1cc(CBr)ccc1C#N. The number of carbonyl (C=O) groups is 1. The average Bonchev–Trinajstić information content (AvgIpc) is 2.27. The Kier molecular flexibility index (Phi) is 3.66. The van der Waals surface area contributed by atoms with Crippen molar-refractivity contribution in [3.05, 3.63) is 34.9 Å². The molecule has 0 saturated heterocycles. The fraction of sp³-hybridized carbons (Fsp3) is 0.200. The number of nitrogens with zero attached hydrogens (tertiary/aromatic N) is 1. The van der Waals surface area contributed by atoms with Gasteiger partial charge < -0.3 is 4.74 Å². The first-order valence-corrected chi connectivity index (χ1v) is 5.02. The van der Waals surface area contributed by atoms with Gasteiger partial charge in [-0.2, -0.15) is 5.26 Å². The summed E-state index contributed by atoms with van der Waals surface area (Å²) in [4.78, 5) is 11.3. The number of carbonyl (C=O) groups excluding carboxylic acids is 1. The lowest BCUT2D eigenvalue weighted by Crippen LogP contribution is -2.04. The molecule has 3 nitrogen and oxygen atoms in total. The van der Waals surface area contributed by atoms with Crippen molar-refractivity contribution in [3.63, 3.8) is 0 Å². The van der Waals surface area contributed by atoms with Crippen molar-refractivity contribution in [3.8, 4) is 6.07 Å². The minimum absolute atomic E-state index is 0.312. The molecule has 0 fully saturated rings. The maximum absolute atomic E-state index is 11.3. The fourth-order valence-electron chi connectivity index (χ4n) is 1.05. The second-order valence-corrected chi connectivity index (χ2v) is 3.18. The topological polar surface area (TPSA) is 50.1 Å². The monoisotopic (exact) mass is 253 g/mol. The second kappa shape index (κ2) is 4.77. The van der Waals surface area contributed by atoms with Crippen LogP contribution < -0.4 is 0 Å². The van der Waals surface area contributed by atoms with E-state index in [4.69, 9.17) is 5.26 Å². The number of benzene rings is 1. The standard InChI is InChI=1S/C10H8BrNO2/c1-14-10(13)9-4-7(5-11)2-3-8(9)6-12/h2-4H,5H2,1H3. The molecule has 1 aromatic rings. The molecular formula is C10H8BrNO2. The lowest BCUT2D eigenvalue weighted by molar-refractivity contribution is 0.0600. The highest BCUT2D eigenvalue weighted by Gasteiger charge is 2.11. The number of methoxy groups -OCH3 is 1. The summed E-state index contributed by atoms with van der Waals surface area (Å²) in [5.74, 6) is -0.482. The lowest BCUT2D eigenvalue weighted by Gasteiger charge is -2.03. The van der Waals surface area contributed by atoms with Crippen molar-refractivity contribution in [2.24, 2.45) is 0 Å². The van der Waals surface area contributed by atoms with Crippen LogP contribution in [-0.4, -0.2) is 13.1 Å². The van der Waals surface area contributed by atoms with Gasteiger partial charge in [0.05, 0.1) is 18.2 Å². The van der Waals surface area contributed by atoms with Crippen LogP contribution in [0.5, 0.6) is 0 Å². The molecule has 0 bridgehead atoms. The van der Waals surface area contributed by atoms with Crippen LogP contribution in [0.4, 0.5) is 0 Å². The fourth-order valence-corrected chi connectivity index (χ4v) is 1.40. The highest BCUT2D eigenvalue weighted by atomic mass is 79.9. The lowest BCUT2D eigenvalue weighted by atomic mass is 10.1. The number of hydrogen-bond acceptors (Lipinski definition) is 3. The third-order valence-electron chi connectivity index (χ3n) is 1.76. The zero-order chi connectivity index (χ0) is 10.6. The molecule has 14 heavy (non-hydrogen) atoms. The van der Waals surface area contributed by atoms with Gasteiger partial charge in [-0.15, -0.1) is 0 Å². The number of ether oxygens (including phenoxy) is 1. The molecule has 0 heterocycles. The van der Waals surface area contributed by atoms with Crippen molar-refractivity contribution >= 4 is 21.9 Å². The van der Waals surface area contributed by atoms with Crippen LogP contribution in [0.25, 0.3) is 0 Å². The van der Waals surface area contributed by atoms with Crippen LogP contribution in [0, 0.1) is 11.3 Å². The highest BCUT2D eigenvalue weighted by molar-refractivity contribution is 9.08. The molecule has 1 aromatic carbocycles. The molecule has 4 heteroatoms. The number of hydrogen-bond donors (Lipinski definition) is 0. The molecule has 0 N–H and O–H groups in total. The van der Waals surface area contributed by atoms with E-state index in [2.05, 4.69) is 20.7 Å². The van der Waals surface area contributed by atoms with Gasteiger partial charge >= 0.3 is 5.97 Å². The summed E-state index contributed by atoms with van der Waals surface area (Å²) in [6.07, 6.45) is 0. The van der Waals surface area contributed by atoms with Crippen LogP contribution in [0.1, 0.15) is 21.5 Å². The summed E-state index contributed by atoms with van der Waals surface area (Å²) >= 11 is 3.27. The third kappa shape index (κ3) is 2.12. The first-order valence-electron chi connectivity index (χ1n) is 3.90. The predicted octanol–water partition coefficient (Wildman–Crippen LogP) is 2.24. The molecule has 0 unspecified atom stereocenters. The maximum Gasteiger partial charge on any atom is 0.339 e. The minimum atomic E-state index is -0.482. The van der Waals surface area contributed by atoms with Crippen molar-refractivity contribution in [1.29, 1.82) is 5.26 Å². The molecule has 0 aromatic heterocycles. The maximum atomic E-state index is 11.3. The van der Waals surface area contributed by atoms with E-state index in [1.165, 1.54) is 7.11 Å². The first kappa shape index (κ1) is 10.7. The Morgan fingerprint density at radius 1 is 1.64 bits per heavy atom. The van der Waals surface area contributed by atoms with Gasteiger partial charge in [0.1, 0.15) is 6.07 Å². The molecule has 0 amide bonds. The largest absolute Gasteiger partial charge is 0.465 e. The van der Waals surface area contributed by atoms with Gasteiger partial charge in [0, 0.05) is 5.33 Å². The molecule has 1 rings (SSSR count). The second-order valence-electron chi connectivity index (χ2n) is 2.62. The van der Waals surface area contributed by atoms with Crippen molar-refractivity contribution in [2.75, 3.05) is 7.11 Å². The molecule has 0 aliphatic rings. The van der Waals surface area contributed by atoms with Crippen LogP contribution in [0.2, 0.25) is 0 Å². The van der Waals surface area contributed by atoms with Crippen LogP contribution in [0.15, 0.2) is 18.2 Å². The van der Waals surface area contributed by atoms with E-state index in [0.717, 1.165) is 5.56 Å². The first-order chi connectivity index (χ1) is 6.72. The van der Waals surface area contributed by atoms with Crippen LogP contribution >= 0.6 is 15.9 Å². The number of esters is 1. The number of nitriles is 1. The van der Waals surface area contributed by atoms with E-state index in [1.54, 1.807) is 18.2 Å². The van der Waals surface area contributed by atoms with E-state index in [0.29, 0.717) is 16.5 Å². The van der Waals surface area contributed by atoms with Gasteiger partial charge in [-0.25, -0.2) is 4.79 Å². The van der Waals surface area contributed by atoms with Crippen molar-refractivity contribution in [2.45, 2.75) is 5.33 Å². The molecule has 0 radical (unpaired) electrons. The Morgan fingerprint density at radius 2 is 2.36 bits per heavy atom. The number of alkyl halides is 1. The van der Waals surface area contributed by atoms with Crippen molar-refractivity contribution in [1.82, 2.24) is 0 Å². The quantitative estimate of drug-likeness (QED) is 0.600. The Balaban J connectivity index is 3.23. The van der Waals surface area contributed by atoms with E-state index in [-0.39, 0.29) is 0 Å². The molecule has 0 aliphatic heterocycles. The zero-order valence-corrected chi connectivity index (χ0v) is 9.17. The molecule has 0 spiro atoms. The van der Waals surface area contributed by atoms with Gasteiger partial charge in [-0.3, -0.25) is 0 Å². The molecule has 72 valence electrons. The third-order valence-corrected chi connectivity index (χ3v) is 2.41. The zero-order valence-electron chi connectivity index (χ0n) is 7.58. The normalized spacial score (nSPS) is 9.21. The van der Waals surface area contributed by atoms with E-state index in [9.17, 15) is 4.79 Å². The van der Waals surface area contributed by atoms with Crippen molar-refractivity contribution < 1.29 is 9.53 Å². The molecule has 0 aliphatic carbocycles. The average molecular weight is 254 g/mol. The van der Waals surface area contributed by atoms with E-state index < -0.39 is 5.97 Å². The molecular weight excluding hydrogens is 246 g/mol. The summed E-state index contributed by atoms with van der Waals surface area (Å²) < 4.78 is 4.57. The smallest absolute Gasteiger partial charge is 0.339 e. The Bertz CT molecular complexity index is 396. The predicted molar refractivity (Wildman–Crippen MR) is 55.1 cm³/mol. The van der Waals surface area contributed by atoms with Gasteiger partial charge in [0.2, 0.25) is 0 Å². The van der Waals surface area contributed by atoms with E-state index >= 15 is 0 Å². The summed E-state index contributed by atoms with van der Waals surface area (Å²) in [6.45, 7) is 0. The van der Waals surface area contributed by atoms with Gasteiger partial charge in [-0.1, -0.05) is 22.0 Å². The summed E-state index contributed by atoms with van der Waals surface area (Å²) in [5.41, 5.74) is 1.58. The van der Waals surface area contributed by atoms with Crippen LogP contribution in [0.3, 0.4) is 0 Å². The molecule has 0 atom stereocenters. The summed E-state index contributed by atoms with van der Waals surface area (Å²) in [5, 5.41) is 9.40. The van der Waals surface area contributed by atoms with Gasteiger partial charge in [-0.05, 0) is 17.7 Å². The number of rotatable bonds is 2.